The zero-order valence-electron chi connectivity index (χ0n) is 14.7. The van der Waals surface area contributed by atoms with E-state index in [0.29, 0.717) is 5.76 Å². The Bertz CT molecular complexity index is 1130. The van der Waals surface area contributed by atoms with Gasteiger partial charge in [0.05, 0.1) is 4.88 Å². The average molecular weight is 392 g/mol. The van der Waals surface area contributed by atoms with E-state index in [9.17, 15) is 4.79 Å². The van der Waals surface area contributed by atoms with Gasteiger partial charge in [-0.25, -0.2) is 4.79 Å². The van der Waals surface area contributed by atoms with E-state index < -0.39 is 5.97 Å². The molecule has 7 heteroatoms. The maximum absolute atomic E-state index is 12.1. The number of oxime groups is 1. The molecule has 0 spiro atoms. The fourth-order valence-electron chi connectivity index (χ4n) is 2.64. The summed E-state index contributed by atoms with van der Waals surface area (Å²) in [7, 11) is 0. The van der Waals surface area contributed by atoms with Crippen LogP contribution in [-0.4, -0.2) is 11.8 Å². The SMILES string of the molecule is N/C(=N\OC(=O)c1ccc(COc2cccc3ccccc23)o1)c1cccs1. The summed E-state index contributed by atoms with van der Waals surface area (Å²) < 4.78 is 11.3. The highest BCUT2D eigenvalue weighted by molar-refractivity contribution is 7.12. The van der Waals surface area contributed by atoms with E-state index in [4.69, 9.17) is 19.7 Å². The number of ether oxygens (including phenoxy) is 1. The fraction of sp³-hybridized carbons (Fsp3) is 0.0476. The number of hydrogen-bond donors (Lipinski definition) is 1. The largest absolute Gasteiger partial charge is 0.485 e. The highest BCUT2D eigenvalue weighted by Crippen LogP contribution is 2.26. The van der Waals surface area contributed by atoms with Gasteiger partial charge < -0.3 is 19.7 Å². The van der Waals surface area contributed by atoms with E-state index in [1.807, 2.05) is 53.9 Å². The number of rotatable bonds is 6. The quantitative estimate of drug-likeness (QED) is 0.225. The van der Waals surface area contributed by atoms with Crippen LogP contribution in [-0.2, 0) is 11.4 Å². The smallest absolute Gasteiger partial charge is 0.400 e. The summed E-state index contributed by atoms with van der Waals surface area (Å²) in [6.45, 7) is 0.182. The topological polar surface area (TPSA) is 87.1 Å². The predicted octanol–water partition coefficient (Wildman–Crippen LogP) is 4.55. The van der Waals surface area contributed by atoms with E-state index in [-0.39, 0.29) is 18.2 Å². The molecule has 4 aromatic rings. The van der Waals surface area contributed by atoms with Gasteiger partial charge in [0.15, 0.2) is 5.84 Å². The molecule has 6 nitrogen and oxygen atoms in total. The van der Waals surface area contributed by atoms with Crippen molar-refractivity contribution in [1.82, 2.24) is 0 Å². The Morgan fingerprint density at radius 1 is 1.04 bits per heavy atom. The Hall–Kier alpha value is -3.58. The first-order chi connectivity index (χ1) is 13.7. The summed E-state index contributed by atoms with van der Waals surface area (Å²) in [6, 6.07) is 20.6. The summed E-state index contributed by atoms with van der Waals surface area (Å²) in [6.07, 6.45) is 0. The lowest BCUT2D eigenvalue weighted by Gasteiger charge is -2.07. The first-order valence-corrected chi connectivity index (χ1v) is 9.36. The van der Waals surface area contributed by atoms with E-state index >= 15 is 0 Å². The third-order valence-corrected chi connectivity index (χ3v) is 4.88. The van der Waals surface area contributed by atoms with Gasteiger partial charge in [-0.2, -0.15) is 0 Å². The molecule has 4 rings (SSSR count). The number of hydrogen-bond acceptors (Lipinski definition) is 6. The van der Waals surface area contributed by atoms with Gasteiger partial charge in [-0.05, 0) is 35.0 Å². The van der Waals surface area contributed by atoms with Crippen molar-refractivity contribution in [3.05, 3.63) is 88.5 Å². The van der Waals surface area contributed by atoms with Crippen LogP contribution in [0.25, 0.3) is 10.8 Å². The third-order valence-electron chi connectivity index (χ3n) is 3.98. The molecular weight excluding hydrogens is 376 g/mol. The maximum atomic E-state index is 12.1. The molecule has 0 aliphatic heterocycles. The molecule has 0 aliphatic carbocycles. The molecule has 2 heterocycles. The van der Waals surface area contributed by atoms with Crippen LogP contribution in [0, 0.1) is 0 Å². The summed E-state index contributed by atoms with van der Waals surface area (Å²) >= 11 is 1.40. The molecule has 0 radical (unpaired) electrons. The predicted molar refractivity (Wildman–Crippen MR) is 107 cm³/mol. The molecule has 0 fully saturated rings. The minimum atomic E-state index is -0.726. The van der Waals surface area contributed by atoms with E-state index in [0.717, 1.165) is 21.4 Å². The molecule has 2 aromatic heterocycles. The summed E-state index contributed by atoms with van der Waals surface area (Å²) in [4.78, 5) is 17.6. The van der Waals surface area contributed by atoms with Gasteiger partial charge in [0.25, 0.3) is 0 Å². The molecule has 0 saturated heterocycles. The van der Waals surface area contributed by atoms with Gasteiger partial charge >= 0.3 is 5.97 Å². The van der Waals surface area contributed by atoms with E-state index in [1.165, 1.54) is 17.4 Å². The number of carbonyl (C=O) groups is 1. The van der Waals surface area contributed by atoms with Crippen molar-refractivity contribution >= 4 is 33.9 Å². The molecular formula is C21H16N2O4S. The van der Waals surface area contributed by atoms with Crippen molar-refractivity contribution in [1.29, 1.82) is 0 Å². The van der Waals surface area contributed by atoms with Crippen LogP contribution in [0.2, 0.25) is 0 Å². The second kappa shape index (κ2) is 7.98. The number of nitrogens with zero attached hydrogens (tertiary/aromatic N) is 1. The normalized spacial score (nSPS) is 11.5. The first-order valence-electron chi connectivity index (χ1n) is 8.48. The Labute approximate surface area is 164 Å². The lowest BCUT2D eigenvalue weighted by molar-refractivity contribution is 0.0475. The zero-order chi connectivity index (χ0) is 19.3. The van der Waals surface area contributed by atoms with Crippen LogP contribution in [0.5, 0.6) is 5.75 Å². The third kappa shape index (κ3) is 3.89. The second-order valence-corrected chi connectivity index (χ2v) is 6.81. The number of benzene rings is 2. The molecule has 0 aliphatic rings. The van der Waals surface area contributed by atoms with Crippen LogP contribution >= 0.6 is 11.3 Å². The Morgan fingerprint density at radius 3 is 2.75 bits per heavy atom. The van der Waals surface area contributed by atoms with Gasteiger partial charge in [0, 0.05) is 5.39 Å². The standard InChI is InChI=1S/C21H16N2O4S/c22-20(19-9-4-12-28-19)23-27-21(24)18-11-10-15(26-18)13-25-17-8-3-6-14-5-1-2-7-16(14)17/h1-12H,13H2,(H2,22,23). The van der Waals surface area contributed by atoms with Crippen molar-refractivity contribution in [2.45, 2.75) is 6.61 Å². The zero-order valence-corrected chi connectivity index (χ0v) is 15.5. The average Bonchev–Trinajstić information content (AvgIpc) is 3.42. The number of nitrogens with two attached hydrogens (primary N) is 1. The summed E-state index contributed by atoms with van der Waals surface area (Å²) in [5.41, 5.74) is 5.76. The van der Waals surface area contributed by atoms with Crippen LogP contribution in [0.1, 0.15) is 21.2 Å². The van der Waals surface area contributed by atoms with Crippen molar-refractivity contribution in [2.24, 2.45) is 10.9 Å². The van der Waals surface area contributed by atoms with Crippen LogP contribution < -0.4 is 10.5 Å². The molecule has 2 N–H and O–H groups in total. The summed E-state index contributed by atoms with van der Waals surface area (Å²) in [5.74, 6) is 0.673. The highest BCUT2D eigenvalue weighted by Gasteiger charge is 2.14. The number of fused-ring (bicyclic) bond motifs is 1. The number of carbonyl (C=O) groups excluding carboxylic acids is 1. The molecule has 0 unspecified atom stereocenters. The Balaban J connectivity index is 1.40. The highest BCUT2D eigenvalue weighted by atomic mass is 32.1. The summed E-state index contributed by atoms with van der Waals surface area (Å²) in [5, 5.41) is 7.60. The number of amidine groups is 1. The van der Waals surface area contributed by atoms with Crippen LogP contribution in [0.15, 0.2) is 81.7 Å². The van der Waals surface area contributed by atoms with Gasteiger partial charge in [-0.15, -0.1) is 11.3 Å². The minimum Gasteiger partial charge on any atom is -0.485 e. The monoisotopic (exact) mass is 392 g/mol. The van der Waals surface area contributed by atoms with Crippen LogP contribution in [0.3, 0.4) is 0 Å². The van der Waals surface area contributed by atoms with E-state index in [2.05, 4.69) is 5.16 Å². The number of thiophene rings is 1. The lowest BCUT2D eigenvalue weighted by atomic mass is 10.1. The van der Waals surface area contributed by atoms with Gasteiger partial charge in [0.2, 0.25) is 5.76 Å². The first kappa shape index (κ1) is 17.8. The molecule has 140 valence electrons. The van der Waals surface area contributed by atoms with Gasteiger partial charge in [-0.3, -0.25) is 0 Å². The molecule has 0 amide bonds. The van der Waals surface area contributed by atoms with Gasteiger partial charge in [-0.1, -0.05) is 47.6 Å². The Kier molecular flexibility index (Phi) is 5.07. The Morgan fingerprint density at radius 2 is 1.89 bits per heavy atom. The maximum Gasteiger partial charge on any atom is 0.400 e. The fourth-order valence-corrected chi connectivity index (χ4v) is 3.26. The van der Waals surface area contributed by atoms with Gasteiger partial charge in [0.1, 0.15) is 18.1 Å². The van der Waals surface area contributed by atoms with Crippen molar-refractivity contribution in [3.63, 3.8) is 0 Å². The van der Waals surface area contributed by atoms with E-state index in [1.54, 1.807) is 12.1 Å². The second-order valence-electron chi connectivity index (χ2n) is 5.86. The minimum absolute atomic E-state index is 0.0271. The van der Waals surface area contributed by atoms with Crippen molar-refractivity contribution in [2.75, 3.05) is 0 Å². The number of furan rings is 1. The molecule has 0 saturated carbocycles. The molecule has 0 bridgehead atoms. The lowest BCUT2D eigenvalue weighted by Crippen LogP contribution is -2.13. The van der Waals surface area contributed by atoms with Crippen molar-refractivity contribution < 1.29 is 18.8 Å². The van der Waals surface area contributed by atoms with Crippen molar-refractivity contribution in [3.8, 4) is 5.75 Å². The molecule has 0 atom stereocenters. The molecule has 2 aromatic carbocycles. The molecule has 28 heavy (non-hydrogen) atoms. The van der Waals surface area contributed by atoms with Crippen LogP contribution in [0.4, 0.5) is 0 Å².